The van der Waals surface area contributed by atoms with Crippen LogP contribution in [0.15, 0.2) is 46.6 Å². The summed E-state index contributed by atoms with van der Waals surface area (Å²) in [7, 11) is 0. The summed E-state index contributed by atoms with van der Waals surface area (Å²) in [5.41, 5.74) is 4.01. The molecular weight excluding hydrogens is 588 g/mol. The highest BCUT2D eigenvalue weighted by Crippen LogP contribution is 2.29. The highest BCUT2D eigenvalue weighted by molar-refractivity contribution is 7.99. The van der Waals surface area contributed by atoms with Crippen molar-refractivity contribution >= 4 is 58.3 Å². The smallest absolute Gasteiger partial charge is 0.305 e. The molecule has 1 N–H and O–H groups in total. The first kappa shape index (κ1) is 34.1. The third-order valence-corrected chi connectivity index (χ3v) is 8.64. The third kappa shape index (κ3) is 11.3. The molecule has 10 nitrogen and oxygen atoms in total. The number of rotatable bonds is 18. The summed E-state index contributed by atoms with van der Waals surface area (Å²) in [6, 6.07) is 9.90. The molecule has 0 unspecified atom stereocenters. The molecule has 3 aromatic rings. The van der Waals surface area contributed by atoms with Crippen molar-refractivity contribution in [1.82, 2.24) is 19.9 Å². The number of pyridine rings is 1. The fourth-order valence-electron chi connectivity index (χ4n) is 4.29. The van der Waals surface area contributed by atoms with E-state index in [0.717, 1.165) is 32.3 Å². The van der Waals surface area contributed by atoms with Crippen molar-refractivity contribution in [3.8, 4) is 0 Å². The van der Waals surface area contributed by atoms with Crippen LogP contribution in [-0.4, -0.2) is 69.1 Å². The molecule has 2 heterocycles. The van der Waals surface area contributed by atoms with Gasteiger partial charge in [0.05, 0.1) is 29.9 Å². The number of benzene rings is 1. The molecule has 0 spiro atoms. The van der Waals surface area contributed by atoms with Gasteiger partial charge in [-0.15, -0.1) is 11.8 Å². The molecule has 3 rings (SSSR count). The van der Waals surface area contributed by atoms with Crippen molar-refractivity contribution in [3.63, 3.8) is 0 Å². The van der Waals surface area contributed by atoms with Gasteiger partial charge in [0.2, 0.25) is 11.8 Å². The van der Waals surface area contributed by atoms with E-state index in [1.165, 1.54) is 4.90 Å². The molecule has 232 valence electrons. The van der Waals surface area contributed by atoms with Crippen molar-refractivity contribution in [2.45, 2.75) is 81.5 Å². The van der Waals surface area contributed by atoms with Gasteiger partial charge in [-0.3, -0.25) is 29.1 Å². The second-order valence-corrected chi connectivity index (χ2v) is 11.8. The van der Waals surface area contributed by atoms with Gasteiger partial charge in [-0.1, -0.05) is 23.9 Å². The van der Waals surface area contributed by atoms with Crippen LogP contribution in [0, 0.1) is 6.92 Å². The number of fused-ring (bicyclic) bond motifs is 1. The quantitative estimate of drug-likeness (QED) is 0.104. The Kier molecular flexibility index (Phi) is 14.5. The number of esters is 2. The van der Waals surface area contributed by atoms with Gasteiger partial charge in [0, 0.05) is 49.1 Å². The van der Waals surface area contributed by atoms with Gasteiger partial charge in [-0.25, -0.2) is 4.98 Å². The van der Waals surface area contributed by atoms with Crippen LogP contribution >= 0.6 is 23.5 Å². The molecule has 0 bridgehead atoms. The zero-order valence-corrected chi connectivity index (χ0v) is 26.7. The van der Waals surface area contributed by atoms with Crippen LogP contribution in [0.25, 0.3) is 11.0 Å². The molecule has 0 saturated carbocycles. The summed E-state index contributed by atoms with van der Waals surface area (Å²) < 4.78 is 9.86. The number of carbonyl (C=O) groups excluding carboxylic acids is 4. The number of nitrogens with one attached hydrogen (secondary N) is 1. The number of aromatic nitrogens is 3. The first-order chi connectivity index (χ1) is 20.8. The lowest BCUT2D eigenvalue weighted by Crippen LogP contribution is -2.37. The lowest BCUT2D eigenvalue weighted by atomic mass is 10.1. The molecule has 43 heavy (non-hydrogen) atoms. The van der Waals surface area contributed by atoms with Crippen molar-refractivity contribution in [3.05, 3.63) is 47.8 Å². The number of carbonyl (C=O) groups is 4. The van der Waals surface area contributed by atoms with Gasteiger partial charge in [0.25, 0.3) is 0 Å². The first-order valence-corrected chi connectivity index (χ1v) is 16.6. The second-order valence-electron chi connectivity index (χ2n) is 9.69. The molecule has 0 radical (unpaired) electrons. The van der Waals surface area contributed by atoms with Gasteiger partial charge in [0.1, 0.15) is 0 Å². The molecule has 0 aliphatic heterocycles. The van der Waals surface area contributed by atoms with Crippen LogP contribution in [-0.2, 0) is 34.4 Å². The van der Waals surface area contributed by atoms with E-state index >= 15 is 0 Å². The minimum atomic E-state index is -0.359. The summed E-state index contributed by atoms with van der Waals surface area (Å²) in [6.45, 7) is 6.35. The monoisotopic (exact) mass is 628 g/mol. The summed E-state index contributed by atoms with van der Waals surface area (Å²) in [6.07, 6.45) is 3.42. The number of para-hydroxylation sites is 2. The Morgan fingerprint density at radius 3 is 2.14 bits per heavy atom. The zero-order chi connectivity index (χ0) is 31.0. The van der Waals surface area contributed by atoms with Crippen LogP contribution in [0.3, 0.4) is 0 Å². The fourth-order valence-corrected chi connectivity index (χ4v) is 6.19. The average Bonchev–Trinajstić information content (AvgIpc) is 3.40. The standard InChI is InChI=1S/C31H40N4O6S2/c1-4-40-29(38)15-8-13-27(36)35(28(37)14-9-16-30(39)41-5-2)19-10-20-42-26-17-18-32-25(22(26)3)21-43-31-33-23-11-6-7-12-24(23)34-31/h6-7,11-12,17-18H,4-5,8-10,13-16,19-21H2,1-3H3,(H,33,34). The minimum absolute atomic E-state index is 0.0747. The van der Waals surface area contributed by atoms with Gasteiger partial charge < -0.3 is 14.5 Å². The molecule has 12 heteroatoms. The minimum Gasteiger partial charge on any atom is -0.466 e. The predicted molar refractivity (Wildman–Crippen MR) is 168 cm³/mol. The zero-order valence-electron chi connectivity index (χ0n) is 25.1. The van der Waals surface area contributed by atoms with Crippen molar-refractivity contribution in [1.29, 1.82) is 0 Å². The molecule has 1 aromatic carbocycles. The van der Waals surface area contributed by atoms with E-state index in [1.54, 1.807) is 43.6 Å². The fraction of sp³-hybridized carbons (Fsp3) is 0.484. The second kappa shape index (κ2) is 18.3. The van der Waals surface area contributed by atoms with Gasteiger partial charge in [-0.05, 0) is 69.5 Å². The summed E-state index contributed by atoms with van der Waals surface area (Å²) in [4.78, 5) is 64.2. The maximum atomic E-state index is 13.0. The number of H-pyrrole nitrogens is 1. The highest BCUT2D eigenvalue weighted by atomic mass is 32.2. The van der Waals surface area contributed by atoms with E-state index in [9.17, 15) is 19.2 Å². The molecule has 0 atom stereocenters. The largest absolute Gasteiger partial charge is 0.466 e. The number of amides is 2. The molecule has 0 fully saturated rings. The van der Waals surface area contributed by atoms with Crippen molar-refractivity contribution in [2.75, 3.05) is 25.5 Å². The Balaban J connectivity index is 1.53. The summed E-state index contributed by atoms with van der Waals surface area (Å²) in [5, 5.41) is 0.847. The highest BCUT2D eigenvalue weighted by Gasteiger charge is 2.21. The number of hydrogen-bond donors (Lipinski definition) is 1. The van der Waals surface area contributed by atoms with Crippen molar-refractivity contribution < 1.29 is 28.7 Å². The molecule has 0 aliphatic rings. The van der Waals surface area contributed by atoms with Crippen LogP contribution < -0.4 is 0 Å². The van der Waals surface area contributed by atoms with Crippen LogP contribution in [0.5, 0.6) is 0 Å². The van der Waals surface area contributed by atoms with E-state index in [-0.39, 0.29) is 69.2 Å². The maximum Gasteiger partial charge on any atom is 0.305 e. The maximum absolute atomic E-state index is 13.0. The summed E-state index contributed by atoms with van der Waals surface area (Å²) >= 11 is 3.27. The Labute approximate surface area is 261 Å². The molecule has 2 aromatic heterocycles. The van der Waals surface area contributed by atoms with E-state index < -0.39 is 0 Å². The molecule has 0 saturated heterocycles. The number of thioether (sulfide) groups is 2. The Bertz CT molecular complexity index is 1310. The first-order valence-electron chi connectivity index (χ1n) is 14.6. The van der Waals surface area contributed by atoms with Gasteiger partial charge in [-0.2, -0.15) is 0 Å². The van der Waals surface area contributed by atoms with Crippen LogP contribution in [0.2, 0.25) is 0 Å². The van der Waals surface area contributed by atoms with E-state index in [4.69, 9.17) is 9.47 Å². The Hall–Kier alpha value is -3.38. The number of imidazole rings is 1. The van der Waals surface area contributed by atoms with E-state index in [1.807, 2.05) is 30.3 Å². The lowest BCUT2D eigenvalue weighted by molar-refractivity contribution is -0.145. The number of imide groups is 1. The van der Waals surface area contributed by atoms with Gasteiger partial charge >= 0.3 is 11.9 Å². The third-order valence-electron chi connectivity index (χ3n) is 6.51. The molecular formula is C31H40N4O6S2. The molecule has 2 amide bonds. The Morgan fingerprint density at radius 1 is 0.860 bits per heavy atom. The molecule has 0 aliphatic carbocycles. The van der Waals surface area contributed by atoms with Crippen LogP contribution in [0.1, 0.15) is 70.1 Å². The van der Waals surface area contributed by atoms with Crippen LogP contribution in [0.4, 0.5) is 0 Å². The van der Waals surface area contributed by atoms with E-state index in [0.29, 0.717) is 30.8 Å². The topological polar surface area (TPSA) is 132 Å². The number of aromatic amines is 1. The number of nitrogens with zero attached hydrogens (tertiary/aromatic N) is 3. The predicted octanol–water partition coefficient (Wildman–Crippen LogP) is 5.86. The van der Waals surface area contributed by atoms with Crippen molar-refractivity contribution in [2.24, 2.45) is 0 Å². The lowest BCUT2D eigenvalue weighted by Gasteiger charge is -2.21. The number of ether oxygens (including phenoxy) is 2. The van der Waals surface area contributed by atoms with E-state index in [2.05, 4.69) is 21.9 Å². The Morgan fingerprint density at radius 2 is 1.51 bits per heavy atom. The summed E-state index contributed by atoms with van der Waals surface area (Å²) in [5.74, 6) is 0.0167. The number of hydrogen-bond acceptors (Lipinski definition) is 10. The average molecular weight is 629 g/mol. The SMILES string of the molecule is CCOC(=O)CCCC(=O)N(CCCSc1ccnc(CSc2nc3ccccc3[nH]2)c1C)C(=O)CCCC(=O)OCC. The van der Waals surface area contributed by atoms with Gasteiger partial charge in [0.15, 0.2) is 5.16 Å². The normalized spacial score (nSPS) is 11.0.